The standard InChI is InChI=1S/C7H15FNP/c1-2-9-5-3-7(8,10)4-6-9/h2-6,10H2,1H3. The van der Waals surface area contributed by atoms with Crippen molar-refractivity contribution < 1.29 is 4.39 Å². The molecule has 60 valence electrons. The molecular weight excluding hydrogens is 148 g/mol. The quantitative estimate of drug-likeness (QED) is 0.531. The number of nitrogens with zero attached hydrogens (tertiary/aromatic N) is 1. The summed E-state index contributed by atoms with van der Waals surface area (Å²) < 4.78 is 13.1. The first-order valence-corrected chi connectivity index (χ1v) is 4.42. The molecule has 1 fully saturated rings. The Bertz CT molecular complexity index is 106. The minimum atomic E-state index is -0.967. The highest BCUT2D eigenvalue weighted by Gasteiger charge is 2.28. The van der Waals surface area contributed by atoms with Crippen LogP contribution in [0.4, 0.5) is 4.39 Å². The van der Waals surface area contributed by atoms with Crippen molar-refractivity contribution in [1.82, 2.24) is 4.90 Å². The van der Waals surface area contributed by atoms with Crippen molar-refractivity contribution in [3.8, 4) is 0 Å². The van der Waals surface area contributed by atoms with E-state index in [4.69, 9.17) is 0 Å². The van der Waals surface area contributed by atoms with E-state index in [1.54, 1.807) is 0 Å². The van der Waals surface area contributed by atoms with Gasteiger partial charge in [-0.2, -0.15) is 0 Å². The van der Waals surface area contributed by atoms with E-state index >= 15 is 0 Å². The maximum atomic E-state index is 13.1. The zero-order chi connectivity index (χ0) is 7.61. The topological polar surface area (TPSA) is 3.24 Å². The average Bonchev–Trinajstić information content (AvgIpc) is 1.88. The van der Waals surface area contributed by atoms with Gasteiger partial charge in [-0.15, -0.1) is 0 Å². The van der Waals surface area contributed by atoms with E-state index in [1.165, 1.54) is 0 Å². The summed E-state index contributed by atoms with van der Waals surface area (Å²) in [6, 6.07) is 0. The van der Waals surface area contributed by atoms with E-state index in [0.717, 1.165) is 19.6 Å². The van der Waals surface area contributed by atoms with Gasteiger partial charge >= 0.3 is 0 Å². The number of piperidine rings is 1. The molecule has 0 aliphatic carbocycles. The summed E-state index contributed by atoms with van der Waals surface area (Å²) in [6.45, 7) is 5.00. The third kappa shape index (κ3) is 2.17. The van der Waals surface area contributed by atoms with Crippen molar-refractivity contribution in [2.45, 2.75) is 25.2 Å². The van der Waals surface area contributed by atoms with Gasteiger partial charge in [-0.05, 0) is 19.4 Å². The van der Waals surface area contributed by atoms with Crippen LogP contribution in [0.3, 0.4) is 0 Å². The maximum Gasteiger partial charge on any atom is 0.126 e. The number of hydrogen-bond donors (Lipinski definition) is 0. The minimum Gasteiger partial charge on any atom is -0.303 e. The highest BCUT2D eigenvalue weighted by atomic mass is 31.0. The number of likely N-dealkylation sites (tertiary alicyclic amines) is 1. The molecule has 10 heavy (non-hydrogen) atoms. The van der Waals surface area contributed by atoms with Gasteiger partial charge < -0.3 is 4.90 Å². The fraction of sp³-hybridized carbons (Fsp3) is 1.00. The Kier molecular flexibility index (Phi) is 2.65. The molecule has 0 bridgehead atoms. The zero-order valence-corrected chi connectivity index (χ0v) is 7.59. The van der Waals surface area contributed by atoms with Gasteiger partial charge in [-0.25, -0.2) is 4.39 Å². The summed E-state index contributed by atoms with van der Waals surface area (Å²) in [4.78, 5) is 2.28. The van der Waals surface area contributed by atoms with Gasteiger partial charge in [0, 0.05) is 13.1 Å². The Morgan fingerprint density at radius 3 is 2.40 bits per heavy atom. The van der Waals surface area contributed by atoms with Gasteiger partial charge in [0.15, 0.2) is 0 Å². The second-order valence-corrected chi connectivity index (χ2v) is 4.00. The Balaban J connectivity index is 2.31. The monoisotopic (exact) mass is 163 g/mol. The molecule has 0 amide bonds. The van der Waals surface area contributed by atoms with Crippen LogP contribution >= 0.6 is 9.24 Å². The molecule has 0 aromatic heterocycles. The zero-order valence-electron chi connectivity index (χ0n) is 6.44. The summed E-state index contributed by atoms with van der Waals surface area (Å²) in [7, 11) is 2.31. The highest BCUT2D eigenvalue weighted by molar-refractivity contribution is 7.18. The molecule has 1 atom stereocenters. The van der Waals surface area contributed by atoms with Crippen molar-refractivity contribution in [3.05, 3.63) is 0 Å². The normalized spacial score (nSPS) is 26.7. The molecule has 1 saturated heterocycles. The summed E-state index contributed by atoms with van der Waals surface area (Å²) >= 11 is 0. The fourth-order valence-electron chi connectivity index (χ4n) is 1.24. The number of rotatable bonds is 1. The van der Waals surface area contributed by atoms with E-state index in [-0.39, 0.29) is 0 Å². The minimum absolute atomic E-state index is 0.672. The van der Waals surface area contributed by atoms with Gasteiger partial charge in [0.25, 0.3) is 0 Å². The molecule has 0 spiro atoms. The van der Waals surface area contributed by atoms with Crippen LogP contribution in [0, 0.1) is 0 Å². The molecule has 1 aliphatic rings. The Labute approximate surface area is 64.2 Å². The Morgan fingerprint density at radius 1 is 1.50 bits per heavy atom. The van der Waals surface area contributed by atoms with Crippen LogP contribution in [-0.4, -0.2) is 29.9 Å². The highest BCUT2D eigenvalue weighted by Crippen LogP contribution is 2.32. The lowest BCUT2D eigenvalue weighted by molar-refractivity contribution is 0.132. The van der Waals surface area contributed by atoms with Gasteiger partial charge in [0.05, 0.1) is 0 Å². The van der Waals surface area contributed by atoms with Gasteiger partial charge in [0.1, 0.15) is 5.41 Å². The Morgan fingerprint density at radius 2 is 2.00 bits per heavy atom. The molecule has 1 nitrogen and oxygen atoms in total. The molecule has 0 radical (unpaired) electrons. The maximum absolute atomic E-state index is 13.1. The van der Waals surface area contributed by atoms with E-state index < -0.39 is 5.41 Å². The summed E-state index contributed by atoms with van der Waals surface area (Å²) in [5.41, 5.74) is 0. The molecule has 1 rings (SSSR count). The fourth-order valence-corrected chi connectivity index (χ4v) is 1.50. The largest absolute Gasteiger partial charge is 0.303 e. The molecule has 0 saturated carbocycles. The van der Waals surface area contributed by atoms with Crippen LogP contribution in [0.25, 0.3) is 0 Å². The van der Waals surface area contributed by atoms with E-state index in [0.29, 0.717) is 12.8 Å². The van der Waals surface area contributed by atoms with Crippen LogP contribution in [-0.2, 0) is 0 Å². The second-order valence-electron chi connectivity index (χ2n) is 2.97. The van der Waals surface area contributed by atoms with E-state index in [1.807, 2.05) is 0 Å². The second kappa shape index (κ2) is 3.15. The van der Waals surface area contributed by atoms with Crippen molar-refractivity contribution in [2.24, 2.45) is 0 Å². The van der Waals surface area contributed by atoms with Crippen LogP contribution in [0.15, 0.2) is 0 Å². The third-order valence-electron chi connectivity index (χ3n) is 2.13. The first-order chi connectivity index (χ1) is 4.64. The molecule has 1 heterocycles. The van der Waals surface area contributed by atoms with Gasteiger partial charge in [-0.1, -0.05) is 16.2 Å². The SMILES string of the molecule is CCN1CCC(F)(P)CC1. The summed E-state index contributed by atoms with van der Waals surface area (Å²) in [6.07, 6.45) is 1.34. The first-order valence-electron chi connectivity index (χ1n) is 3.84. The molecule has 0 N–H and O–H groups in total. The lowest BCUT2D eigenvalue weighted by atomic mass is 10.1. The summed E-state index contributed by atoms with van der Waals surface area (Å²) in [5.74, 6) is 0. The molecule has 1 unspecified atom stereocenters. The van der Waals surface area contributed by atoms with Crippen LogP contribution in [0.5, 0.6) is 0 Å². The lowest BCUT2D eigenvalue weighted by Crippen LogP contribution is -2.38. The molecule has 3 heteroatoms. The smallest absolute Gasteiger partial charge is 0.126 e. The molecular formula is C7H15FNP. The predicted molar refractivity (Wildman–Crippen MR) is 44.9 cm³/mol. The Hall–Kier alpha value is 0.320. The van der Waals surface area contributed by atoms with Crippen molar-refractivity contribution >= 4 is 9.24 Å². The van der Waals surface area contributed by atoms with Gasteiger partial charge in [0.2, 0.25) is 0 Å². The van der Waals surface area contributed by atoms with Crippen LogP contribution in [0.2, 0.25) is 0 Å². The summed E-state index contributed by atoms with van der Waals surface area (Å²) in [5, 5.41) is -0.967. The number of halogens is 1. The lowest BCUT2D eigenvalue weighted by Gasteiger charge is -2.33. The number of alkyl halides is 1. The van der Waals surface area contributed by atoms with Crippen molar-refractivity contribution in [1.29, 1.82) is 0 Å². The van der Waals surface area contributed by atoms with Crippen molar-refractivity contribution in [2.75, 3.05) is 19.6 Å². The van der Waals surface area contributed by atoms with Crippen LogP contribution < -0.4 is 0 Å². The predicted octanol–water partition coefficient (Wildman–Crippen LogP) is 1.64. The van der Waals surface area contributed by atoms with E-state index in [2.05, 4.69) is 21.1 Å². The van der Waals surface area contributed by atoms with Crippen LogP contribution in [0.1, 0.15) is 19.8 Å². The third-order valence-corrected chi connectivity index (χ3v) is 2.71. The van der Waals surface area contributed by atoms with Crippen molar-refractivity contribution in [3.63, 3.8) is 0 Å². The average molecular weight is 163 g/mol. The first kappa shape index (κ1) is 8.42. The van der Waals surface area contributed by atoms with E-state index in [9.17, 15) is 4.39 Å². The number of hydrogen-bond acceptors (Lipinski definition) is 1. The van der Waals surface area contributed by atoms with Gasteiger partial charge in [-0.3, -0.25) is 0 Å². The molecule has 1 aliphatic heterocycles. The molecule has 0 aromatic rings. The molecule has 0 aromatic carbocycles.